The molecule has 1 aromatic carbocycles. The molecule has 1 fully saturated rings. The number of amides is 1. The van der Waals surface area contributed by atoms with Crippen molar-refractivity contribution in [3.8, 4) is 0 Å². The van der Waals surface area contributed by atoms with Crippen LogP contribution >= 0.6 is 0 Å². The second-order valence-electron chi connectivity index (χ2n) is 8.31. The first-order valence-electron chi connectivity index (χ1n) is 10.4. The normalized spacial score (nSPS) is 21.1. The molecule has 28 heavy (non-hydrogen) atoms. The van der Waals surface area contributed by atoms with Gasteiger partial charge in [0.15, 0.2) is 0 Å². The van der Waals surface area contributed by atoms with E-state index in [1.165, 1.54) is 5.56 Å². The zero-order valence-electron chi connectivity index (χ0n) is 17.2. The van der Waals surface area contributed by atoms with E-state index in [9.17, 15) is 4.79 Å². The number of carbonyl (C=O) groups is 1. The standard InChI is InChI=1S/C22H31N5O/c1-17(2)27-16-23-19-9-10-26(15-18-7-5-4-6-8-18)21(20(19)27)22(28)25-13-11-24(3)12-14-25/h4-8,16-17,21H,9-15H2,1-3H3. The van der Waals surface area contributed by atoms with Crippen LogP contribution in [-0.4, -0.2) is 69.9 Å². The number of hydrogen-bond acceptors (Lipinski definition) is 4. The van der Waals surface area contributed by atoms with E-state index in [-0.39, 0.29) is 18.0 Å². The van der Waals surface area contributed by atoms with Gasteiger partial charge in [-0.05, 0) is 26.5 Å². The number of aromatic nitrogens is 2. The quantitative estimate of drug-likeness (QED) is 0.816. The van der Waals surface area contributed by atoms with Crippen molar-refractivity contribution in [3.63, 3.8) is 0 Å². The summed E-state index contributed by atoms with van der Waals surface area (Å²) in [6.07, 6.45) is 2.82. The number of fused-ring (bicyclic) bond motifs is 1. The molecule has 0 radical (unpaired) electrons. The number of likely N-dealkylation sites (N-methyl/N-ethyl adjacent to an activating group) is 1. The van der Waals surface area contributed by atoms with Crippen molar-refractivity contribution in [1.29, 1.82) is 0 Å². The Balaban J connectivity index is 1.68. The van der Waals surface area contributed by atoms with Gasteiger partial charge < -0.3 is 14.4 Å². The first-order chi connectivity index (χ1) is 13.5. The molecule has 6 heteroatoms. The molecule has 1 unspecified atom stereocenters. The van der Waals surface area contributed by atoms with E-state index in [4.69, 9.17) is 0 Å². The number of rotatable bonds is 4. The maximum Gasteiger partial charge on any atom is 0.246 e. The molecule has 0 bridgehead atoms. The van der Waals surface area contributed by atoms with Gasteiger partial charge in [0.25, 0.3) is 0 Å². The minimum atomic E-state index is -0.253. The lowest BCUT2D eigenvalue weighted by atomic mass is 9.99. The van der Waals surface area contributed by atoms with Crippen LogP contribution in [0.25, 0.3) is 0 Å². The maximum absolute atomic E-state index is 13.7. The highest BCUT2D eigenvalue weighted by Gasteiger charge is 2.39. The lowest BCUT2D eigenvalue weighted by molar-refractivity contribution is -0.140. The molecule has 150 valence electrons. The zero-order valence-corrected chi connectivity index (χ0v) is 17.2. The Morgan fingerprint density at radius 2 is 1.82 bits per heavy atom. The number of hydrogen-bond donors (Lipinski definition) is 0. The summed E-state index contributed by atoms with van der Waals surface area (Å²) in [6, 6.07) is 10.5. The minimum Gasteiger partial charge on any atom is -0.338 e. The molecular weight excluding hydrogens is 350 g/mol. The average Bonchev–Trinajstić information content (AvgIpc) is 3.13. The zero-order chi connectivity index (χ0) is 19.7. The third-order valence-electron chi connectivity index (χ3n) is 6.01. The lowest BCUT2D eigenvalue weighted by Gasteiger charge is -2.40. The summed E-state index contributed by atoms with van der Waals surface area (Å²) in [5.74, 6) is 0.229. The molecular formula is C22H31N5O. The van der Waals surface area contributed by atoms with E-state index in [0.29, 0.717) is 0 Å². The Labute approximate surface area is 167 Å². The van der Waals surface area contributed by atoms with Crippen molar-refractivity contribution in [2.75, 3.05) is 39.8 Å². The smallest absolute Gasteiger partial charge is 0.246 e. The molecule has 1 saturated heterocycles. The topological polar surface area (TPSA) is 44.6 Å². The predicted molar refractivity (Wildman–Crippen MR) is 110 cm³/mol. The van der Waals surface area contributed by atoms with E-state index in [0.717, 1.165) is 57.1 Å². The first kappa shape index (κ1) is 19.2. The van der Waals surface area contributed by atoms with Gasteiger partial charge in [0, 0.05) is 51.7 Å². The van der Waals surface area contributed by atoms with Crippen molar-refractivity contribution in [3.05, 3.63) is 53.6 Å². The molecule has 0 spiro atoms. The third kappa shape index (κ3) is 3.71. The largest absolute Gasteiger partial charge is 0.338 e. The maximum atomic E-state index is 13.7. The Kier molecular flexibility index (Phi) is 5.51. The molecule has 0 saturated carbocycles. The van der Waals surface area contributed by atoms with Crippen molar-refractivity contribution in [1.82, 2.24) is 24.3 Å². The van der Waals surface area contributed by atoms with Crippen molar-refractivity contribution in [2.24, 2.45) is 0 Å². The molecule has 0 aliphatic carbocycles. The average molecular weight is 382 g/mol. The molecule has 2 aliphatic heterocycles. The van der Waals surface area contributed by atoms with Gasteiger partial charge in [-0.3, -0.25) is 9.69 Å². The number of nitrogens with zero attached hydrogens (tertiary/aromatic N) is 5. The molecule has 2 aromatic rings. The van der Waals surface area contributed by atoms with E-state index < -0.39 is 0 Å². The van der Waals surface area contributed by atoms with E-state index in [1.54, 1.807) is 0 Å². The summed E-state index contributed by atoms with van der Waals surface area (Å²) in [5, 5.41) is 0. The number of piperazine rings is 1. The molecule has 2 aliphatic rings. The summed E-state index contributed by atoms with van der Waals surface area (Å²) in [5.41, 5.74) is 3.43. The van der Waals surface area contributed by atoms with Gasteiger partial charge in [0.2, 0.25) is 5.91 Å². The molecule has 1 aromatic heterocycles. The van der Waals surface area contributed by atoms with Crippen LogP contribution in [0.1, 0.15) is 42.9 Å². The van der Waals surface area contributed by atoms with E-state index >= 15 is 0 Å². The molecule has 1 atom stereocenters. The summed E-state index contributed by atoms with van der Waals surface area (Å²) < 4.78 is 2.20. The fourth-order valence-electron chi connectivity index (χ4n) is 4.33. The van der Waals surface area contributed by atoms with Crippen molar-refractivity contribution < 1.29 is 4.79 Å². The van der Waals surface area contributed by atoms with Crippen LogP contribution in [0.4, 0.5) is 0 Å². The highest BCUT2D eigenvalue weighted by molar-refractivity contribution is 5.83. The number of imidazole rings is 1. The molecule has 6 nitrogen and oxygen atoms in total. The SMILES string of the molecule is CC(C)n1cnc2c1C(C(=O)N1CCN(C)CC1)N(Cc1ccccc1)CC2. The highest BCUT2D eigenvalue weighted by atomic mass is 16.2. The highest BCUT2D eigenvalue weighted by Crippen LogP contribution is 2.34. The minimum absolute atomic E-state index is 0.229. The van der Waals surface area contributed by atoms with Crippen LogP contribution in [0.2, 0.25) is 0 Å². The van der Waals surface area contributed by atoms with Crippen LogP contribution in [0, 0.1) is 0 Å². The Bertz CT molecular complexity index is 808. The molecule has 4 rings (SSSR count). The fraction of sp³-hybridized carbons (Fsp3) is 0.545. The van der Waals surface area contributed by atoms with Crippen LogP contribution < -0.4 is 0 Å². The molecule has 3 heterocycles. The van der Waals surface area contributed by atoms with Gasteiger partial charge in [-0.2, -0.15) is 0 Å². The van der Waals surface area contributed by atoms with Crippen LogP contribution in [0.3, 0.4) is 0 Å². The summed E-state index contributed by atoms with van der Waals surface area (Å²) >= 11 is 0. The van der Waals surface area contributed by atoms with Crippen LogP contribution in [0.15, 0.2) is 36.7 Å². The first-order valence-corrected chi connectivity index (χ1v) is 10.4. The Morgan fingerprint density at radius 3 is 2.50 bits per heavy atom. The summed E-state index contributed by atoms with van der Waals surface area (Å²) in [4.78, 5) is 25.1. The second kappa shape index (κ2) is 8.05. The molecule has 1 amide bonds. The summed E-state index contributed by atoms with van der Waals surface area (Å²) in [6.45, 7) is 9.45. The van der Waals surface area contributed by atoms with Gasteiger partial charge in [0.05, 0.1) is 17.7 Å². The van der Waals surface area contributed by atoms with Crippen LogP contribution in [0.5, 0.6) is 0 Å². The summed E-state index contributed by atoms with van der Waals surface area (Å²) in [7, 11) is 2.12. The Morgan fingerprint density at radius 1 is 1.11 bits per heavy atom. The van der Waals surface area contributed by atoms with Gasteiger partial charge in [-0.1, -0.05) is 30.3 Å². The molecule has 0 N–H and O–H groups in total. The number of benzene rings is 1. The van der Waals surface area contributed by atoms with Crippen LogP contribution in [-0.2, 0) is 17.8 Å². The van der Waals surface area contributed by atoms with Crippen molar-refractivity contribution >= 4 is 5.91 Å². The fourth-order valence-corrected chi connectivity index (χ4v) is 4.33. The van der Waals surface area contributed by atoms with Gasteiger partial charge in [0.1, 0.15) is 6.04 Å². The van der Waals surface area contributed by atoms with Crippen molar-refractivity contribution in [2.45, 2.75) is 38.9 Å². The Hall–Kier alpha value is -2.18. The lowest BCUT2D eigenvalue weighted by Crippen LogP contribution is -2.52. The van der Waals surface area contributed by atoms with E-state index in [1.807, 2.05) is 12.4 Å². The second-order valence-corrected chi connectivity index (χ2v) is 8.31. The van der Waals surface area contributed by atoms with Gasteiger partial charge >= 0.3 is 0 Å². The third-order valence-corrected chi connectivity index (χ3v) is 6.01. The predicted octanol–water partition coefficient (Wildman–Crippen LogP) is 2.34. The van der Waals surface area contributed by atoms with E-state index in [2.05, 4.69) is 69.4 Å². The number of carbonyl (C=O) groups excluding carboxylic acids is 1. The van der Waals surface area contributed by atoms with Gasteiger partial charge in [-0.15, -0.1) is 0 Å². The van der Waals surface area contributed by atoms with Gasteiger partial charge in [-0.25, -0.2) is 4.98 Å². The monoisotopic (exact) mass is 381 g/mol.